The van der Waals surface area contributed by atoms with Gasteiger partial charge >= 0.3 is 29.5 Å². The Labute approximate surface area is 442 Å². The standard InChI is InChI=1S/C20H22FN5O6S.C12H6FN5O5.C8H17NO3S.C6H15N/c1-20(2,3)30-18(28)22-8-12(27)9-33-17-15(23-32-25-17)16-24-31-19(29)26(16)14-6-10-4-5-11(21)7-13(10)14;13-6-2-1-5-3-8(7(5)4-6)17-10(15-22-12(17)19)9-11(18(20)21)16-23-14-9;1-8(2,3)12-7(11)9-4-6(10)5-13;1-4-7(5-2)6-3/h4-5,7,12,14,27H,6,8-9H2,1-3H3,(H,22,28);1-2,4,8H,3H2;6,10,13H,4-5H2,1-3H3,(H,9,11);4-6H2,1-3H3/t12?,14-;8-;;/m00../s1. The molecule has 2 aliphatic rings. The quantitative estimate of drug-likeness (QED) is 0.0351. The van der Waals surface area contributed by atoms with Crippen molar-refractivity contribution in [2.75, 3.05) is 44.2 Å². The summed E-state index contributed by atoms with van der Waals surface area (Å²) in [7, 11) is 0. The number of alkyl carbamates (subject to hydrolysis) is 2. The van der Waals surface area contributed by atoms with Gasteiger partial charge in [-0.05, 0) is 141 Å². The van der Waals surface area contributed by atoms with Crippen molar-refractivity contribution in [2.24, 2.45) is 0 Å². The van der Waals surface area contributed by atoms with E-state index in [1.807, 2.05) is 0 Å². The number of thioether (sulfide) groups is 1. The molecule has 8 rings (SSSR count). The lowest BCUT2D eigenvalue weighted by molar-refractivity contribution is -0.390. The predicted octanol–water partition coefficient (Wildman–Crippen LogP) is 5.38. The van der Waals surface area contributed by atoms with Crippen molar-refractivity contribution in [3.05, 3.63) is 102 Å². The molecule has 0 spiro atoms. The summed E-state index contributed by atoms with van der Waals surface area (Å²) < 4.78 is 58.1. The summed E-state index contributed by atoms with van der Waals surface area (Å²) in [6, 6.07) is 7.63. The smallest absolute Gasteiger partial charge is 0.444 e. The van der Waals surface area contributed by atoms with Crippen molar-refractivity contribution < 1.29 is 61.3 Å². The Morgan fingerprint density at radius 2 is 1.22 bits per heavy atom. The molecule has 2 aromatic carbocycles. The van der Waals surface area contributed by atoms with Gasteiger partial charge in [0.15, 0.2) is 15.9 Å². The first-order valence-electron chi connectivity index (χ1n) is 23.7. The highest BCUT2D eigenvalue weighted by atomic mass is 32.2. The Hall–Kier alpha value is -7.02. The predicted molar refractivity (Wildman–Crippen MR) is 270 cm³/mol. The number of halogens is 2. The number of hydrogen-bond acceptors (Lipinski definition) is 23. The maximum absolute atomic E-state index is 13.7. The summed E-state index contributed by atoms with van der Waals surface area (Å²) in [5.41, 5.74) is 1.71. The third-order valence-corrected chi connectivity index (χ3v) is 12.4. The van der Waals surface area contributed by atoms with Crippen LogP contribution in [0.3, 0.4) is 0 Å². The largest absolute Gasteiger partial charge is 0.446 e. The molecular weight excluding hydrogens is 1050 g/mol. The fraction of sp³-hybridized carbons (Fsp3) is 0.522. The van der Waals surface area contributed by atoms with Crippen LogP contribution in [0.25, 0.3) is 23.0 Å². The van der Waals surface area contributed by atoms with Crippen LogP contribution in [0.5, 0.6) is 0 Å². The molecular formula is C46H60F2N12O14S2. The van der Waals surface area contributed by atoms with Crippen LogP contribution in [0.1, 0.15) is 96.7 Å². The van der Waals surface area contributed by atoms with Crippen molar-refractivity contribution in [1.29, 1.82) is 0 Å². The highest BCUT2D eigenvalue weighted by Crippen LogP contribution is 2.40. The fourth-order valence-corrected chi connectivity index (χ4v) is 8.14. The Balaban J connectivity index is 0.000000214. The number of aliphatic hydroxyl groups excluding tert-OH is 2. The van der Waals surface area contributed by atoms with Gasteiger partial charge < -0.3 is 45.3 Å². The molecule has 2 unspecified atom stereocenters. The van der Waals surface area contributed by atoms with Gasteiger partial charge in [0.25, 0.3) is 5.69 Å². The zero-order chi connectivity index (χ0) is 56.1. The lowest BCUT2D eigenvalue weighted by atomic mass is 9.83. The highest BCUT2D eigenvalue weighted by molar-refractivity contribution is 7.99. The van der Waals surface area contributed by atoms with Gasteiger partial charge in [-0.15, -0.1) is 4.63 Å². The highest BCUT2D eigenvalue weighted by Gasteiger charge is 2.38. The van der Waals surface area contributed by atoms with Crippen molar-refractivity contribution >= 4 is 42.4 Å². The number of carbonyl (C=O) groups excluding carboxylic acids is 2. The first-order valence-corrected chi connectivity index (χ1v) is 25.3. The summed E-state index contributed by atoms with van der Waals surface area (Å²) in [5, 5.41) is 56.9. The van der Waals surface area contributed by atoms with Gasteiger partial charge in [-0.1, -0.05) is 55.0 Å². The van der Waals surface area contributed by atoms with Crippen LogP contribution in [-0.2, 0) is 22.3 Å². The first-order chi connectivity index (χ1) is 35.9. The Bertz CT molecular complexity index is 3010. The summed E-state index contributed by atoms with van der Waals surface area (Å²) in [4.78, 5) is 59.5. The zero-order valence-electron chi connectivity index (χ0n) is 43.0. The molecule has 0 saturated heterocycles. The molecule has 6 aromatic rings. The summed E-state index contributed by atoms with van der Waals surface area (Å²) in [5.74, 6) is -2.75. The van der Waals surface area contributed by atoms with E-state index in [1.165, 1.54) is 48.5 Å². The second kappa shape index (κ2) is 26.6. The van der Waals surface area contributed by atoms with Gasteiger partial charge in [-0.3, -0.25) is 9.05 Å². The van der Waals surface area contributed by atoms with Crippen LogP contribution in [-0.4, -0.2) is 140 Å². The van der Waals surface area contributed by atoms with Crippen molar-refractivity contribution in [3.63, 3.8) is 0 Å². The summed E-state index contributed by atoms with van der Waals surface area (Å²) in [6.45, 7) is 20.8. The van der Waals surface area contributed by atoms with Crippen molar-refractivity contribution in [3.8, 4) is 23.0 Å². The number of fused-ring (bicyclic) bond motifs is 2. The van der Waals surface area contributed by atoms with Crippen molar-refractivity contribution in [2.45, 2.75) is 116 Å². The van der Waals surface area contributed by atoms with E-state index in [9.17, 15) is 43.2 Å². The minimum atomic E-state index is -0.923. The number of benzene rings is 2. The second-order valence-electron chi connectivity index (χ2n) is 18.7. The van der Waals surface area contributed by atoms with E-state index in [-0.39, 0.29) is 46.9 Å². The summed E-state index contributed by atoms with van der Waals surface area (Å²) >= 11 is 4.96. The fourth-order valence-electron chi connectivity index (χ4n) is 7.19. The second-order valence-corrected chi connectivity index (χ2v) is 20.1. The number of nitrogens with one attached hydrogen (secondary N) is 2. The minimum Gasteiger partial charge on any atom is -0.444 e. The molecule has 0 fully saturated rings. The molecule has 4 atom stereocenters. The van der Waals surface area contributed by atoms with E-state index in [2.05, 4.69) is 89.0 Å². The van der Waals surface area contributed by atoms with E-state index >= 15 is 0 Å². The van der Waals surface area contributed by atoms with Crippen molar-refractivity contribution in [1.82, 2.24) is 55.6 Å². The van der Waals surface area contributed by atoms with Gasteiger partial charge in [-0.25, -0.2) is 41.7 Å². The van der Waals surface area contributed by atoms with E-state index in [4.69, 9.17) is 23.7 Å². The third-order valence-electron chi connectivity index (χ3n) is 10.9. The lowest BCUT2D eigenvalue weighted by Gasteiger charge is -2.30. The number of nitro groups is 1. The van der Waals surface area contributed by atoms with Gasteiger partial charge in [0.1, 0.15) is 22.8 Å². The maximum Gasteiger partial charge on any atom is 0.446 e. The number of nitrogens with zero attached hydrogens (tertiary/aromatic N) is 10. The van der Waals surface area contributed by atoms with Gasteiger partial charge in [0.05, 0.1) is 24.3 Å². The number of ether oxygens (including phenoxy) is 2. The molecule has 0 saturated carbocycles. The van der Waals surface area contributed by atoms with Crippen LogP contribution in [0.4, 0.5) is 24.2 Å². The molecule has 2 aliphatic carbocycles. The monoisotopic (exact) mass is 1110 g/mol. The molecule has 4 N–H and O–H groups in total. The maximum atomic E-state index is 13.7. The lowest BCUT2D eigenvalue weighted by Crippen LogP contribution is -2.37. The van der Waals surface area contributed by atoms with Crippen LogP contribution in [0.15, 0.2) is 69.3 Å². The Morgan fingerprint density at radius 1 is 0.776 bits per heavy atom. The van der Waals surface area contributed by atoms with E-state index in [0.29, 0.717) is 29.7 Å². The first kappa shape index (κ1) is 59.9. The van der Waals surface area contributed by atoms with Gasteiger partial charge in [0, 0.05) is 24.6 Å². The van der Waals surface area contributed by atoms with Crippen LogP contribution in [0.2, 0.25) is 0 Å². The molecule has 26 nitrogen and oxygen atoms in total. The van der Waals surface area contributed by atoms with E-state index in [0.717, 1.165) is 27.5 Å². The summed E-state index contributed by atoms with van der Waals surface area (Å²) in [6.07, 6.45) is -1.77. The average molecular weight is 1110 g/mol. The minimum absolute atomic E-state index is 0.0401. The van der Waals surface area contributed by atoms with Crippen LogP contribution >= 0.6 is 24.4 Å². The van der Waals surface area contributed by atoms with Crippen LogP contribution in [0, 0.1) is 21.7 Å². The topological polar surface area (TPSA) is 337 Å². The Morgan fingerprint density at radius 3 is 1.66 bits per heavy atom. The number of aliphatic hydroxyl groups is 2. The van der Waals surface area contributed by atoms with E-state index < -0.39 is 81.6 Å². The zero-order valence-corrected chi connectivity index (χ0v) is 44.7. The molecule has 0 aliphatic heterocycles. The number of thiol groups is 1. The molecule has 2 amide bonds. The molecule has 76 heavy (non-hydrogen) atoms. The average Bonchev–Trinajstić information content (AvgIpc) is 4.17. The molecule has 0 bridgehead atoms. The number of amides is 2. The van der Waals surface area contributed by atoms with E-state index in [1.54, 1.807) is 53.7 Å². The molecule has 4 heterocycles. The number of carbonyl (C=O) groups is 2. The molecule has 4 aromatic heterocycles. The number of rotatable bonds is 16. The van der Waals surface area contributed by atoms with Gasteiger partial charge in [-0.2, -0.15) is 12.6 Å². The molecule has 0 radical (unpaired) electrons. The third kappa shape index (κ3) is 16.2. The normalized spacial score (nSPS) is 15.1. The van der Waals surface area contributed by atoms with Gasteiger partial charge in [0.2, 0.25) is 11.6 Å². The molecule has 414 valence electrons. The number of hydrogen-bond donors (Lipinski definition) is 5. The SMILES string of the molecule is CC(C)(C)OC(=O)NCC(O)CS.CC(C)(C)OC(=O)NCC(O)CSc1nonc1-c1noc(=O)n1[C@H]1Cc2ccc(F)cc21.CCN(CC)CC.O=c1onc(-c2nonc2[N+](=O)[O-])n1[C@H]1Cc2ccc(F)cc21. The molecule has 30 heteroatoms. The Kier molecular flexibility index (Phi) is 21.0. The van der Waals surface area contributed by atoms with Crippen LogP contribution < -0.4 is 22.1 Å². The number of aromatic nitrogens is 8.